The molecule has 0 aliphatic rings. The molecule has 0 bridgehead atoms. The quantitative estimate of drug-likeness (QED) is 0.915. The van der Waals surface area contributed by atoms with Crippen LogP contribution in [0.4, 0.5) is 0 Å². The van der Waals surface area contributed by atoms with Gasteiger partial charge >= 0.3 is 5.97 Å². The fraction of sp³-hybridized carbons (Fsp3) is 0.231. The number of imidazole rings is 1. The van der Waals surface area contributed by atoms with E-state index >= 15 is 0 Å². The Hall–Kier alpha value is -2.01. The Morgan fingerprint density at radius 1 is 1.47 bits per heavy atom. The molecule has 0 aliphatic heterocycles. The van der Waals surface area contributed by atoms with Gasteiger partial charge in [0.25, 0.3) is 0 Å². The van der Waals surface area contributed by atoms with Crippen molar-refractivity contribution in [3.8, 4) is 5.75 Å². The van der Waals surface area contributed by atoms with Crippen LogP contribution >= 0.6 is 11.6 Å². The Labute approximate surface area is 115 Å². The number of hydrogen-bond donors (Lipinski definition) is 1. The van der Waals surface area contributed by atoms with Gasteiger partial charge in [-0.05, 0) is 19.1 Å². The second-order valence-corrected chi connectivity index (χ2v) is 4.27. The van der Waals surface area contributed by atoms with Crippen molar-refractivity contribution in [1.29, 1.82) is 0 Å². The molecular formula is C13H13ClN2O3. The van der Waals surface area contributed by atoms with Crippen molar-refractivity contribution < 1.29 is 14.6 Å². The van der Waals surface area contributed by atoms with E-state index in [4.69, 9.17) is 21.4 Å². The average molecular weight is 281 g/mol. The lowest BCUT2D eigenvalue weighted by Crippen LogP contribution is -2.07. The van der Waals surface area contributed by atoms with Crippen molar-refractivity contribution in [1.82, 2.24) is 9.55 Å². The molecule has 1 aromatic carbocycles. The molecule has 0 fully saturated rings. The molecule has 0 unspecified atom stereocenters. The third kappa shape index (κ3) is 3.06. The van der Waals surface area contributed by atoms with Gasteiger partial charge in [0.05, 0.1) is 10.7 Å². The van der Waals surface area contributed by atoms with Crippen LogP contribution in [-0.2, 0) is 13.2 Å². The molecule has 0 atom stereocenters. The summed E-state index contributed by atoms with van der Waals surface area (Å²) in [6.45, 7) is 2.57. The number of carboxylic acids is 1. The van der Waals surface area contributed by atoms with Gasteiger partial charge in [0.2, 0.25) is 5.82 Å². The topological polar surface area (TPSA) is 64.4 Å². The van der Waals surface area contributed by atoms with E-state index in [2.05, 4.69) is 4.98 Å². The SMILES string of the molecule is CCn1cc(COc2ccccc2Cl)nc1C(=O)O. The second-order valence-electron chi connectivity index (χ2n) is 3.87. The van der Waals surface area contributed by atoms with E-state index in [-0.39, 0.29) is 12.4 Å². The lowest BCUT2D eigenvalue weighted by atomic mass is 10.3. The molecular weight excluding hydrogens is 268 g/mol. The highest BCUT2D eigenvalue weighted by molar-refractivity contribution is 6.32. The van der Waals surface area contributed by atoms with Crippen LogP contribution in [0.25, 0.3) is 0 Å². The summed E-state index contributed by atoms with van der Waals surface area (Å²) in [4.78, 5) is 15.0. The predicted octanol–water partition coefficient (Wildman–Crippen LogP) is 2.83. The maximum atomic E-state index is 11.0. The molecule has 6 heteroatoms. The Kier molecular flexibility index (Phi) is 4.06. The van der Waals surface area contributed by atoms with Crippen molar-refractivity contribution in [2.45, 2.75) is 20.1 Å². The number of ether oxygens (including phenoxy) is 1. The smallest absolute Gasteiger partial charge is 0.372 e. The van der Waals surface area contributed by atoms with Crippen LogP contribution in [0.2, 0.25) is 5.02 Å². The Morgan fingerprint density at radius 2 is 2.21 bits per heavy atom. The van der Waals surface area contributed by atoms with Gasteiger partial charge in [-0.2, -0.15) is 0 Å². The minimum Gasteiger partial charge on any atom is -0.486 e. The molecule has 0 radical (unpaired) electrons. The largest absolute Gasteiger partial charge is 0.486 e. The number of hydrogen-bond acceptors (Lipinski definition) is 3. The van der Waals surface area contributed by atoms with Gasteiger partial charge < -0.3 is 14.4 Å². The Morgan fingerprint density at radius 3 is 2.79 bits per heavy atom. The first-order chi connectivity index (χ1) is 9.11. The van der Waals surface area contributed by atoms with E-state index in [1.54, 1.807) is 22.9 Å². The molecule has 0 aliphatic carbocycles. The maximum absolute atomic E-state index is 11.0. The molecule has 1 N–H and O–H groups in total. The van der Waals surface area contributed by atoms with Crippen LogP contribution in [0.1, 0.15) is 23.2 Å². The van der Waals surface area contributed by atoms with E-state index < -0.39 is 5.97 Å². The van der Waals surface area contributed by atoms with Gasteiger partial charge in [-0.25, -0.2) is 9.78 Å². The zero-order valence-electron chi connectivity index (χ0n) is 10.3. The van der Waals surface area contributed by atoms with Gasteiger partial charge in [-0.3, -0.25) is 0 Å². The number of aryl methyl sites for hydroxylation is 1. The number of carboxylic acid groups (broad SMARTS) is 1. The average Bonchev–Trinajstić information content (AvgIpc) is 2.81. The number of nitrogens with zero attached hydrogens (tertiary/aromatic N) is 2. The van der Waals surface area contributed by atoms with Gasteiger partial charge in [0.15, 0.2) is 0 Å². The summed E-state index contributed by atoms with van der Waals surface area (Å²) in [5.41, 5.74) is 0.555. The summed E-state index contributed by atoms with van der Waals surface area (Å²) >= 11 is 5.96. The summed E-state index contributed by atoms with van der Waals surface area (Å²) in [5, 5.41) is 9.50. The lowest BCUT2D eigenvalue weighted by Gasteiger charge is -2.05. The van der Waals surface area contributed by atoms with E-state index in [1.165, 1.54) is 0 Å². The highest BCUT2D eigenvalue weighted by Gasteiger charge is 2.14. The third-order valence-electron chi connectivity index (χ3n) is 2.57. The normalized spacial score (nSPS) is 10.4. The number of benzene rings is 1. The zero-order chi connectivity index (χ0) is 13.8. The summed E-state index contributed by atoms with van der Waals surface area (Å²) in [6, 6.07) is 7.10. The Bertz CT molecular complexity index is 595. The second kappa shape index (κ2) is 5.75. The molecule has 2 rings (SSSR count). The number of aromatic carboxylic acids is 1. The number of carbonyl (C=O) groups is 1. The minimum absolute atomic E-state index is 0.0141. The molecule has 0 saturated heterocycles. The van der Waals surface area contributed by atoms with Crippen molar-refractivity contribution in [2.75, 3.05) is 0 Å². The highest BCUT2D eigenvalue weighted by atomic mass is 35.5. The van der Waals surface area contributed by atoms with Crippen LogP contribution in [-0.4, -0.2) is 20.6 Å². The molecule has 5 nitrogen and oxygen atoms in total. The minimum atomic E-state index is -1.05. The molecule has 0 amide bonds. The monoisotopic (exact) mass is 280 g/mol. The fourth-order valence-electron chi connectivity index (χ4n) is 1.66. The van der Waals surface area contributed by atoms with Crippen LogP contribution in [0, 0.1) is 0 Å². The third-order valence-corrected chi connectivity index (χ3v) is 2.88. The summed E-state index contributed by atoms with van der Waals surface area (Å²) in [6.07, 6.45) is 1.67. The number of rotatable bonds is 5. The molecule has 19 heavy (non-hydrogen) atoms. The van der Waals surface area contributed by atoms with Gasteiger partial charge in [-0.15, -0.1) is 0 Å². The predicted molar refractivity (Wildman–Crippen MR) is 70.6 cm³/mol. The van der Waals surface area contributed by atoms with Crippen molar-refractivity contribution in [3.05, 3.63) is 47.0 Å². The highest BCUT2D eigenvalue weighted by Crippen LogP contribution is 2.23. The fourth-order valence-corrected chi connectivity index (χ4v) is 1.86. The maximum Gasteiger partial charge on any atom is 0.372 e. The first kappa shape index (κ1) is 13.4. The number of halogens is 1. The van der Waals surface area contributed by atoms with Gasteiger partial charge in [0, 0.05) is 12.7 Å². The van der Waals surface area contributed by atoms with Crippen LogP contribution < -0.4 is 4.74 Å². The van der Waals surface area contributed by atoms with Crippen LogP contribution in [0.15, 0.2) is 30.5 Å². The first-order valence-corrected chi connectivity index (χ1v) is 6.16. The molecule has 100 valence electrons. The van der Waals surface area contributed by atoms with Crippen LogP contribution in [0.5, 0.6) is 5.75 Å². The van der Waals surface area contributed by atoms with E-state index in [0.29, 0.717) is 23.0 Å². The Balaban J connectivity index is 2.12. The standard InChI is InChI=1S/C13H13ClN2O3/c1-2-16-7-9(15-12(16)13(17)18)8-19-11-6-4-3-5-10(11)14/h3-7H,2,8H2,1H3,(H,17,18). The number of aromatic nitrogens is 2. The molecule has 1 heterocycles. The van der Waals surface area contributed by atoms with E-state index in [0.717, 1.165) is 0 Å². The summed E-state index contributed by atoms with van der Waals surface area (Å²) in [7, 11) is 0. The number of para-hydroxylation sites is 1. The summed E-state index contributed by atoms with van der Waals surface area (Å²) < 4.78 is 7.08. The lowest BCUT2D eigenvalue weighted by molar-refractivity contribution is 0.0678. The van der Waals surface area contributed by atoms with E-state index in [9.17, 15) is 4.79 Å². The van der Waals surface area contributed by atoms with Crippen molar-refractivity contribution in [3.63, 3.8) is 0 Å². The first-order valence-electron chi connectivity index (χ1n) is 5.78. The van der Waals surface area contributed by atoms with Crippen molar-refractivity contribution in [2.24, 2.45) is 0 Å². The summed E-state index contributed by atoms with van der Waals surface area (Å²) in [5.74, 6) is -0.488. The van der Waals surface area contributed by atoms with E-state index in [1.807, 2.05) is 19.1 Å². The van der Waals surface area contributed by atoms with Gasteiger partial charge in [-0.1, -0.05) is 23.7 Å². The molecule has 1 aromatic heterocycles. The van der Waals surface area contributed by atoms with Gasteiger partial charge in [0.1, 0.15) is 12.4 Å². The van der Waals surface area contributed by atoms with Crippen molar-refractivity contribution >= 4 is 17.6 Å². The zero-order valence-corrected chi connectivity index (χ0v) is 11.1. The molecule has 0 spiro atoms. The molecule has 2 aromatic rings. The molecule has 0 saturated carbocycles. The van der Waals surface area contributed by atoms with Crippen LogP contribution in [0.3, 0.4) is 0 Å².